The SMILES string of the molecule is COC(=O)CNC(=O)Cn1nc(-c2ccc(OC)c(OC)c2)ccc1=O. The van der Waals surface area contributed by atoms with Crippen molar-refractivity contribution in [1.82, 2.24) is 15.1 Å². The van der Waals surface area contributed by atoms with E-state index in [0.717, 1.165) is 4.68 Å². The minimum absolute atomic E-state index is 0.278. The van der Waals surface area contributed by atoms with Gasteiger partial charge in [0, 0.05) is 11.6 Å². The van der Waals surface area contributed by atoms with Crippen molar-refractivity contribution in [3.63, 3.8) is 0 Å². The maximum absolute atomic E-state index is 11.9. The summed E-state index contributed by atoms with van der Waals surface area (Å²) in [4.78, 5) is 34.8. The Balaban J connectivity index is 2.23. The molecule has 2 rings (SSSR count). The summed E-state index contributed by atoms with van der Waals surface area (Å²) >= 11 is 0. The Morgan fingerprint density at radius 3 is 2.46 bits per heavy atom. The summed E-state index contributed by atoms with van der Waals surface area (Å²) < 4.78 is 15.9. The highest BCUT2D eigenvalue weighted by atomic mass is 16.5. The van der Waals surface area contributed by atoms with Gasteiger partial charge in [-0.05, 0) is 24.3 Å². The van der Waals surface area contributed by atoms with E-state index in [1.165, 1.54) is 27.4 Å². The Bertz CT molecular complexity index is 862. The van der Waals surface area contributed by atoms with Gasteiger partial charge in [0.15, 0.2) is 11.5 Å². The van der Waals surface area contributed by atoms with E-state index in [1.54, 1.807) is 24.3 Å². The second-order valence-electron chi connectivity index (χ2n) is 5.14. The average Bonchev–Trinajstić information content (AvgIpc) is 2.67. The zero-order valence-corrected chi connectivity index (χ0v) is 14.6. The predicted octanol–water partition coefficient (Wildman–Crippen LogP) is 0.217. The van der Waals surface area contributed by atoms with Crippen molar-refractivity contribution in [2.75, 3.05) is 27.9 Å². The number of carbonyl (C=O) groups excluding carboxylic acids is 2. The third-order valence-corrected chi connectivity index (χ3v) is 3.50. The number of benzene rings is 1. The lowest BCUT2D eigenvalue weighted by Gasteiger charge is -2.10. The Hall–Kier alpha value is -3.36. The van der Waals surface area contributed by atoms with Gasteiger partial charge >= 0.3 is 5.97 Å². The topological polar surface area (TPSA) is 109 Å². The van der Waals surface area contributed by atoms with Gasteiger partial charge in [0.25, 0.3) is 5.56 Å². The average molecular weight is 361 g/mol. The van der Waals surface area contributed by atoms with Crippen LogP contribution in [0.3, 0.4) is 0 Å². The fourth-order valence-electron chi connectivity index (χ4n) is 2.15. The quantitative estimate of drug-likeness (QED) is 0.703. The molecule has 1 heterocycles. The van der Waals surface area contributed by atoms with E-state index in [-0.39, 0.29) is 13.1 Å². The van der Waals surface area contributed by atoms with E-state index in [4.69, 9.17) is 9.47 Å². The molecule has 0 saturated carbocycles. The molecular weight excluding hydrogens is 342 g/mol. The van der Waals surface area contributed by atoms with Crippen molar-refractivity contribution in [3.8, 4) is 22.8 Å². The summed E-state index contributed by atoms with van der Waals surface area (Å²) in [5.41, 5.74) is 0.722. The van der Waals surface area contributed by atoms with Crippen LogP contribution in [0.25, 0.3) is 11.3 Å². The fourth-order valence-corrected chi connectivity index (χ4v) is 2.15. The number of methoxy groups -OCH3 is 3. The zero-order valence-electron chi connectivity index (χ0n) is 14.6. The highest BCUT2D eigenvalue weighted by molar-refractivity contribution is 5.81. The Kier molecular flexibility index (Phi) is 6.31. The van der Waals surface area contributed by atoms with Gasteiger partial charge in [0.2, 0.25) is 5.91 Å². The van der Waals surface area contributed by atoms with E-state index < -0.39 is 17.4 Å². The number of hydrogen-bond acceptors (Lipinski definition) is 7. The molecular formula is C17H19N3O6. The number of ether oxygens (including phenoxy) is 3. The number of esters is 1. The Morgan fingerprint density at radius 1 is 1.08 bits per heavy atom. The minimum atomic E-state index is -0.585. The monoisotopic (exact) mass is 361 g/mol. The molecule has 0 fully saturated rings. The first-order valence-electron chi connectivity index (χ1n) is 7.62. The molecule has 0 saturated heterocycles. The fraction of sp³-hybridized carbons (Fsp3) is 0.294. The van der Waals surface area contributed by atoms with Gasteiger partial charge < -0.3 is 19.5 Å². The number of carbonyl (C=O) groups is 2. The smallest absolute Gasteiger partial charge is 0.325 e. The third kappa shape index (κ3) is 4.59. The number of nitrogens with one attached hydrogen (secondary N) is 1. The van der Waals surface area contributed by atoms with E-state index in [1.807, 2.05) is 0 Å². The molecule has 9 heteroatoms. The number of hydrogen-bond donors (Lipinski definition) is 1. The maximum atomic E-state index is 11.9. The van der Waals surface area contributed by atoms with E-state index in [9.17, 15) is 14.4 Å². The van der Waals surface area contributed by atoms with Crippen molar-refractivity contribution in [2.45, 2.75) is 6.54 Å². The molecule has 1 aromatic heterocycles. The molecule has 0 spiro atoms. The first-order valence-corrected chi connectivity index (χ1v) is 7.62. The molecule has 0 unspecified atom stereocenters. The van der Waals surface area contributed by atoms with Gasteiger partial charge in [-0.2, -0.15) is 5.10 Å². The molecule has 26 heavy (non-hydrogen) atoms. The molecule has 1 aromatic carbocycles. The van der Waals surface area contributed by atoms with E-state index >= 15 is 0 Å². The van der Waals surface area contributed by atoms with E-state index in [2.05, 4.69) is 15.2 Å². The minimum Gasteiger partial charge on any atom is -0.493 e. The molecule has 1 amide bonds. The zero-order chi connectivity index (χ0) is 19.1. The van der Waals surface area contributed by atoms with Crippen molar-refractivity contribution in [2.24, 2.45) is 0 Å². The second-order valence-corrected chi connectivity index (χ2v) is 5.14. The van der Waals surface area contributed by atoms with Crippen LogP contribution in [0.5, 0.6) is 11.5 Å². The lowest BCUT2D eigenvalue weighted by atomic mass is 10.1. The van der Waals surface area contributed by atoms with Crippen LogP contribution < -0.4 is 20.3 Å². The van der Waals surface area contributed by atoms with Crippen LogP contribution >= 0.6 is 0 Å². The molecule has 1 N–H and O–H groups in total. The van der Waals surface area contributed by atoms with E-state index in [0.29, 0.717) is 22.8 Å². The molecule has 0 aliphatic carbocycles. The lowest BCUT2D eigenvalue weighted by molar-refractivity contribution is -0.141. The van der Waals surface area contributed by atoms with Crippen molar-refractivity contribution in [1.29, 1.82) is 0 Å². The van der Waals surface area contributed by atoms with Crippen LogP contribution in [0.4, 0.5) is 0 Å². The van der Waals surface area contributed by atoms with Gasteiger partial charge in [0.1, 0.15) is 13.1 Å². The van der Waals surface area contributed by atoms with Crippen molar-refractivity contribution >= 4 is 11.9 Å². The van der Waals surface area contributed by atoms with Crippen LogP contribution in [0.1, 0.15) is 0 Å². The number of amides is 1. The van der Waals surface area contributed by atoms with Crippen LogP contribution in [0.2, 0.25) is 0 Å². The Labute approximate surface area is 149 Å². The van der Waals surface area contributed by atoms with Gasteiger partial charge in [0.05, 0.1) is 27.0 Å². The van der Waals surface area contributed by atoms with Crippen molar-refractivity contribution in [3.05, 3.63) is 40.7 Å². The number of aromatic nitrogens is 2. The molecule has 138 valence electrons. The van der Waals surface area contributed by atoms with Crippen LogP contribution in [0.15, 0.2) is 35.1 Å². The largest absolute Gasteiger partial charge is 0.493 e. The summed E-state index contributed by atoms with van der Waals surface area (Å²) in [6, 6.07) is 8.05. The summed E-state index contributed by atoms with van der Waals surface area (Å²) in [7, 11) is 4.26. The predicted molar refractivity (Wildman–Crippen MR) is 92.1 cm³/mol. The first kappa shape index (κ1) is 19.0. The van der Waals surface area contributed by atoms with Crippen molar-refractivity contribution < 1.29 is 23.8 Å². The standard InChI is InChI=1S/C17H19N3O6/c1-24-13-6-4-11(8-14(13)25-2)12-5-7-16(22)20(19-12)10-15(21)18-9-17(23)26-3/h4-8H,9-10H2,1-3H3,(H,18,21). The molecule has 9 nitrogen and oxygen atoms in total. The third-order valence-electron chi connectivity index (χ3n) is 3.50. The highest BCUT2D eigenvalue weighted by Gasteiger charge is 2.11. The number of rotatable bonds is 7. The molecule has 0 aliphatic rings. The maximum Gasteiger partial charge on any atom is 0.325 e. The van der Waals surface area contributed by atoms with Crippen LogP contribution in [-0.2, 0) is 20.9 Å². The highest BCUT2D eigenvalue weighted by Crippen LogP contribution is 2.31. The summed E-state index contributed by atoms with van der Waals surface area (Å²) in [5.74, 6) is -0.0423. The molecule has 0 radical (unpaired) electrons. The van der Waals surface area contributed by atoms with Gasteiger partial charge in [-0.25, -0.2) is 4.68 Å². The lowest BCUT2D eigenvalue weighted by Crippen LogP contribution is -2.36. The van der Waals surface area contributed by atoms with Crippen LogP contribution in [0, 0.1) is 0 Å². The number of nitrogens with zero attached hydrogens (tertiary/aromatic N) is 2. The second kappa shape index (κ2) is 8.65. The molecule has 0 bridgehead atoms. The first-order chi connectivity index (χ1) is 12.5. The van der Waals surface area contributed by atoms with Gasteiger partial charge in [-0.3, -0.25) is 14.4 Å². The molecule has 2 aromatic rings. The molecule has 0 atom stereocenters. The Morgan fingerprint density at radius 2 is 1.81 bits per heavy atom. The van der Waals surface area contributed by atoms with Gasteiger partial charge in [-0.15, -0.1) is 0 Å². The molecule has 0 aliphatic heterocycles. The van der Waals surface area contributed by atoms with Gasteiger partial charge in [-0.1, -0.05) is 0 Å². The van der Waals surface area contributed by atoms with Crippen LogP contribution in [-0.4, -0.2) is 49.5 Å². The normalized spacial score (nSPS) is 10.1. The summed E-state index contributed by atoms with van der Waals surface area (Å²) in [6.45, 7) is -0.601. The summed E-state index contributed by atoms with van der Waals surface area (Å²) in [5, 5.41) is 6.54. The summed E-state index contributed by atoms with van der Waals surface area (Å²) in [6.07, 6.45) is 0.